The van der Waals surface area contributed by atoms with Gasteiger partial charge in [0.15, 0.2) is 0 Å². The van der Waals surface area contributed by atoms with Crippen molar-refractivity contribution >= 4 is 23.5 Å². The van der Waals surface area contributed by atoms with E-state index in [9.17, 15) is 19.2 Å². The maximum atomic E-state index is 13.4. The fourth-order valence-electron chi connectivity index (χ4n) is 10.4. The molecule has 6 aliphatic rings. The molecule has 10 nitrogen and oxygen atoms in total. The van der Waals surface area contributed by atoms with Crippen LogP contribution in [-0.2, 0) is 28.7 Å². The lowest BCUT2D eigenvalue weighted by atomic mass is 9.79. The van der Waals surface area contributed by atoms with Crippen LogP contribution in [-0.4, -0.2) is 79.1 Å². The number of rotatable bonds is 12. The lowest BCUT2D eigenvalue weighted by Crippen LogP contribution is -2.46. The van der Waals surface area contributed by atoms with Crippen molar-refractivity contribution in [2.75, 3.05) is 7.05 Å². The standard InChI is InChI=1S/C42H70N4O6/c1-27(47)28-6-8-29(9-7-28)40(48)44-33-12-20-38(21-13-33)52-39-24-16-35(17-25-39)46-42(50)31-5-3-4-30(26-31)41(49)45-34-14-22-37(23-15-34)51-36-18-10-32(43-2)11-19-36/h28-39,43H,3-26H2,1-2H3,(H,44,48)(H,45,49)(H,46,50). The highest BCUT2D eigenvalue weighted by Gasteiger charge is 2.36. The van der Waals surface area contributed by atoms with Gasteiger partial charge in [-0.3, -0.25) is 19.2 Å². The summed E-state index contributed by atoms with van der Waals surface area (Å²) in [6.07, 6.45) is 24.2. The smallest absolute Gasteiger partial charge is 0.223 e. The van der Waals surface area contributed by atoms with Gasteiger partial charge in [0.2, 0.25) is 17.7 Å². The van der Waals surface area contributed by atoms with E-state index in [0.29, 0.717) is 24.7 Å². The lowest BCUT2D eigenvalue weighted by molar-refractivity contribution is -0.131. The average molecular weight is 727 g/mol. The minimum atomic E-state index is -0.0770. The van der Waals surface area contributed by atoms with Crippen LogP contribution >= 0.6 is 0 Å². The van der Waals surface area contributed by atoms with Crippen LogP contribution in [0.25, 0.3) is 0 Å². The summed E-state index contributed by atoms with van der Waals surface area (Å²) in [6, 6.07) is 1.28. The Hall–Kier alpha value is -2.04. The summed E-state index contributed by atoms with van der Waals surface area (Å²) >= 11 is 0. The van der Waals surface area contributed by atoms with Crippen molar-refractivity contribution in [2.24, 2.45) is 23.7 Å². The van der Waals surface area contributed by atoms with Gasteiger partial charge in [-0.05, 0) is 162 Å². The van der Waals surface area contributed by atoms with Crippen LogP contribution in [0.3, 0.4) is 0 Å². The van der Waals surface area contributed by atoms with E-state index in [1.165, 1.54) is 12.8 Å². The Balaban J connectivity index is 0.820. The second-order valence-electron chi connectivity index (χ2n) is 17.7. The number of ether oxygens (including phenoxy) is 2. The number of ketones is 1. The summed E-state index contributed by atoms with van der Waals surface area (Å²) in [7, 11) is 2.05. The molecule has 6 rings (SSSR count). The van der Waals surface area contributed by atoms with Crippen molar-refractivity contribution in [1.82, 2.24) is 21.3 Å². The summed E-state index contributed by atoms with van der Waals surface area (Å²) in [4.78, 5) is 51.2. The van der Waals surface area contributed by atoms with Crippen molar-refractivity contribution in [3.63, 3.8) is 0 Å². The predicted octanol–water partition coefficient (Wildman–Crippen LogP) is 6.03. The summed E-state index contributed by atoms with van der Waals surface area (Å²) in [5, 5.41) is 13.4. The van der Waals surface area contributed by atoms with Gasteiger partial charge >= 0.3 is 0 Å². The second-order valence-corrected chi connectivity index (χ2v) is 17.7. The molecule has 6 aliphatic carbocycles. The lowest BCUT2D eigenvalue weighted by Gasteiger charge is -2.36. The molecule has 0 saturated heterocycles. The SMILES string of the molecule is CNC1CCC(OC2CCC(NC(=O)C3CCCC(C(=O)NC4CCC(OC5CCC(NC(=O)C6CCC(C(C)=O)CC6)CC5)CC4)C3)CC2)CC1. The minimum Gasteiger partial charge on any atom is -0.375 e. The van der Waals surface area contributed by atoms with Gasteiger partial charge in [-0.2, -0.15) is 0 Å². The van der Waals surface area contributed by atoms with Crippen LogP contribution in [0.15, 0.2) is 0 Å². The zero-order chi connectivity index (χ0) is 36.5. The molecule has 0 aliphatic heterocycles. The Labute approximate surface area is 313 Å². The van der Waals surface area contributed by atoms with Gasteiger partial charge in [0.05, 0.1) is 24.4 Å². The first kappa shape index (κ1) is 39.6. The number of hydrogen-bond donors (Lipinski definition) is 4. The van der Waals surface area contributed by atoms with Gasteiger partial charge < -0.3 is 30.7 Å². The highest BCUT2D eigenvalue weighted by atomic mass is 16.5. The monoisotopic (exact) mass is 727 g/mol. The Morgan fingerprint density at radius 1 is 0.404 bits per heavy atom. The molecule has 0 heterocycles. The van der Waals surface area contributed by atoms with E-state index in [4.69, 9.17) is 9.47 Å². The second kappa shape index (κ2) is 19.5. The number of Topliss-reactive ketones (excluding diaryl/α,β-unsaturated/α-hetero) is 1. The van der Waals surface area contributed by atoms with Gasteiger partial charge in [-0.15, -0.1) is 0 Å². The van der Waals surface area contributed by atoms with E-state index in [1.54, 1.807) is 6.92 Å². The first-order valence-corrected chi connectivity index (χ1v) is 21.6. The van der Waals surface area contributed by atoms with Gasteiger partial charge in [0.1, 0.15) is 5.78 Å². The molecule has 294 valence electrons. The number of amides is 3. The van der Waals surface area contributed by atoms with Crippen molar-refractivity contribution in [2.45, 2.75) is 210 Å². The van der Waals surface area contributed by atoms with E-state index in [2.05, 4.69) is 28.3 Å². The van der Waals surface area contributed by atoms with E-state index in [1.807, 2.05) is 0 Å². The summed E-state index contributed by atoms with van der Waals surface area (Å²) in [6.45, 7) is 1.67. The average Bonchev–Trinajstić information content (AvgIpc) is 3.17. The molecule has 0 aromatic heterocycles. The van der Waals surface area contributed by atoms with E-state index < -0.39 is 0 Å². The maximum absolute atomic E-state index is 13.4. The molecular weight excluding hydrogens is 656 g/mol. The third kappa shape index (κ3) is 11.5. The third-order valence-corrected chi connectivity index (χ3v) is 14.0. The molecule has 0 aromatic carbocycles. The topological polar surface area (TPSA) is 135 Å². The number of carbonyl (C=O) groups excluding carboxylic acids is 4. The van der Waals surface area contributed by atoms with Gasteiger partial charge in [-0.1, -0.05) is 6.42 Å². The molecule has 6 fully saturated rings. The van der Waals surface area contributed by atoms with E-state index >= 15 is 0 Å². The van der Waals surface area contributed by atoms with Crippen LogP contribution in [0.2, 0.25) is 0 Å². The molecule has 0 aromatic rings. The predicted molar refractivity (Wildman–Crippen MR) is 201 cm³/mol. The Morgan fingerprint density at radius 2 is 0.731 bits per heavy atom. The number of hydrogen-bond acceptors (Lipinski definition) is 7. The maximum Gasteiger partial charge on any atom is 0.223 e. The van der Waals surface area contributed by atoms with Crippen molar-refractivity contribution < 1.29 is 28.7 Å². The molecule has 2 unspecified atom stereocenters. The fourth-order valence-corrected chi connectivity index (χ4v) is 10.4. The Kier molecular flexibility index (Phi) is 14.9. The normalized spacial score (nSPS) is 38.8. The summed E-state index contributed by atoms with van der Waals surface area (Å²) in [5.41, 5.74) is 0. The molecule has 3 amide bonds. The third-order valence-electron chi connectivity index (χ3n) is 14.0. The first-order chi connectivity index (χ1) is 25.2. The molecular formula is C42H70N4O6. The van der Waals surface area contributed by atoms with Crippen LogP contribution < -0.4 is 21.3 Å². The fraction of sp³-hybridized carbons (Fsp3) is 0.905. The molecule has 4 N–H and O–H groups in total. The van der Waals surface area contributed by atoms with Crippen LogP contribution in [0.1, 0.15) is 161 Å². The first-order valence-electron chi connectivity index (χ1n) is 21.6. The van der Waals surface area contributed by atoms with Gasteiger partial charge in [0, 0.05) is 47.8 Å². The molecule has 2 atom stereocenters. The molecule has 52 heavy (non-hydrogen) atoms. The minimum absolute atomic E-state index is 0.0542. The quantitative estimate of drug-likeness (QED) is 0.193. The Bertz CT molecular complexity index is 1160. The van der Waals surface area contributed by atoms with Crippen molar-refractivity contribution in [3.05, 3.63) is 0 Å². The largest absolute Gasteiger partial charge is 0.375 e. The molecule has 0 spiro atoms. The van der Waals surface area contributed by atoms with Gasteiger partial charge in [-0.25, -0.2) is 0 Å². The molecule has 0 radical (unpaired) electrons. The van der Waals surface area contributed by atoms with E-state index in [-0.39, 0.29) is 77.5 Å². The van der Waals surface area contributed by atoms with Gasteiger partial charge in [0.25, 0.3) is 0 Å². The number of carbonyl (C=O) groups is 4. The van der Waals surface area contributed by atoms with Crippen molar-refractivity contribution in [1.29, 1.82) is 0 Å². The summed E-state index contributed by atoms with van der Waals surface area (Å²) in [5.74, 6) is 0.775. The van der Waals surface area contributed by atoms with E-state index in [0.717, 1.165) is 135 Å². The zero-order valence-electron chi connectivity index (χ0n) is 32.3. The molecule has 0 bridgehead atoms. The molecule has 6 saturated carbocycles. The number of nitrogens with one attached hydrogen (secondary N) is 4. The highest BCUT2D eigenvalue weighted by molar-refractivity contribution is 5.83. The van der Waals surface area contributed by atoms with Crippen molar-refractivity contribution in [3.8, 4) is 0 Å². The van der Waals surface area contributed by atoms with Crippen LogP contribution in [0, 0.1) is 23.7 Å². The summed E-state index contributed by atoms with van der Waals surface area (Å²) < 4.78 is 13.0. The zero-order valence-corrected chi connectivity index (χ0v) is 32.3. The Morgan fingerprint density at radius 3 is 1.08 bits per heavy atom. The highest BCUT2D eigenvalue weighted by Crippen LogP contribution is 2.34. The molecule has 10 heteroatoms. The van der Waals surface area contributed by atoms with Crippen LogP contribution in [0.4, 0.5) is 0 Å². The van der Waals surface area contributed by atoms with Crippen LogP contribution in [0.5, 0.6) is 0 Å².